The van der Waals surface area contributed by atoms with Gasteiger partial charge in [-0.25, -0.2) is 0 Å². The van der Waals surface area contributed by atoms with Gasteiger partial charge in [0.25, 0.3) is 0 Å². The third-order valence-electron chi connectivity index (χ3n) is 2.76. The quantitative estimate of drug-likeness (QED) is 0.593. The van der Waals surface area contributed by atoms with Crippen molar-refractivity contribution in [1.82, 2.24) is 0 Å². The van der Waals surface area contributed by atoms with Crippen LogP contribution in [0.4, 0.5) is 0 Å². The van der Waals surface area contributed by atoms with E-state index in [2.05, 4.69) is 0 Å². The Labute approximate surface area is 96.5 Å². The van der Waals surface area contributed by atoms with Crippen LogP contribution in [-0.4, -0.2) is 13.4 Å². The highest BCUT2D eigenvalue weighted by Crippen LogP contribution is 2.29. The van der Waals surface area contributed by atoms with E-state index in [1.807, 2.05) is 31.2 Å². The molecule has 0 bridgehead atoms. The first kappa shape index (κ1) is 11.4. The average molecular weight is 221 g/mol. The van der Waals surface area contributed by atoms with Gasteiger partial charge in [-0.1, -0.05) is 18.2 Å². The van der Waals surface area contributed by atoms with E-state index in [1.165, 1.54) is 12.8 Å². The number of hydrogen-bond donors (Lipinski definition) is 1. The van der Waals surface area contributed by atoms with Crippen molar-refractivity contribution >= 4 is 0 Å². The van der Waals surface area contributed by atoms with E-state index in [0.29, 0.717) is 6.79 Å². The van der Waals surface area contributed by atoms with Crippen LogP contribution in [0, 0.1) is 5.92 Å². The second-order valence-electron chi connectivity index (χ2n) is 4.40. The Morgan fingerprint density at radius 2 is 2.12 bits per heavy atom. The second kappa shape index (κ2) is 5.32. The van der Waals surface area contributed by atoms with Crippen molar-refractivity contribution in [2.75, 3.05) is 13.4 Å². The minimum Gasteiger partial charge on any atom is -0.467 e. The molecule has 1 fully saturated rings. The molecular formula is C13H19NO2. The summed E-state index contributed by atoms with van der Waals surface area (Å²) in [7, 11) is 0. The van der Waals surface area contributed by atoms with Crippen molar-refractivity contribution in [3.8, 4) is 5.75 Å². The fourth-order valence-electron chi connectivity index (χ4n) is 1.59. The van der Waals surface area contributed by atoms with Crippen molar-refractivity contribution in [1.29, 1.82) is 0 Å². The standard InChI is InChI=1S/C13H19NO2/c1-10(14)12-4-2-3-5-13(12)16-9-15-8-11-6-7-11/h2-5,10-11H,6-9,14H2,1H3. The first-order valence-electron chi connectivity index (χ1n) is 5.82. The van der Waals surface area contributed by atoms with E-state index in [9.17, 15) is 0 Å². The smallest absolute Gasteiger partial charge is 0.189 e. The fourth-order valence-corrected chi connectivity index (χ4v) is 1.59. The van der Waals surface area contributed by atoms with Crippen molar-refractivity contribution in [2.24, 2.45) is 11.7 Å². The summed E-state index contributed by atoms with van der Waals surface area (Å²) in [5.74, 6) is 1.60. The Kier molecular flexibility index (Phi) is 3.80. The molecule has 1 aromatic carbocycles. The van der Waals surface area contributed by atoms with Gasteiger partial charge in [-0.05, 0) is 31.7 Å². The molecule has 1 unspecified atom stereocenters. The summed E-state index contributed by atoms with van der Waals surface area (Å²) in [4.78, 5) is 0. The van der Waals surface area contributed by atoms with Gasteiger partial charge in [0, 0.05) is 11.6 Å². The molecular weight excluding hydrogens is 202 g/mol. The minimum atomic E-state index is -0.0142. The van der Waals surface area contributed by atoms with Crippen molar-refractivity contribution in [3.05, 3.63) is 29.8 Å². The molecule has 0 radical (unpaired) electrons. The predicted molar refractivity (Wildman–Crippen MR) is 63.2 cm³/mol. The SMILES string of the molecule is CC(N)c1ccccc1OCOCC1CC1. The maximum atomic E-state index is 5.86. The third-order valence-corrected chi connectivity index (χ3v) is 2.76. The van der Waals surface area contributed by atoms with Crippen LogP contribution in [0.3, 0.4) is 0 Å². The Morgan fingerprint density at radius 1 is 1.38 bits per heavy atom. The summed E-state index contributed by atoms with van der Waals surface area (Å²) in [5, 5.41) is 0. The summed E-state index contributed by atoms with van der Waals surface area (Å²) in [5.41, 5.74) is 6.88. The topological polar surface area (TPSA) is 44.5 Å². The molecule has 1 atom stereocenters. The van der Waals surface area contributed by atoms with E-state index >= 15 is 0 Å². The van der Waals surface area contributed by atoms with E-state index < -0.39 is 0 Å². The van der Waals surface area contributed by atoms with Gasteiger partial charge >= 0.3 is 0 Å². The number of nitrogens with two attached hydrogens (primary N) is 1. The second-order valence-corrected chi connectivity index (χ2v) is 4.40. The largest absolute Gasteiger partial charge is 0.467 e. The van der Waals surface area contributed by atoms with Gasteiger partial charge in [-0.2, -0.15) is 0 Å². The number of hydrogen-bond acceptors (Lipinski definition) is 3. The highest BCUT2D eigenvalue weighted by Gasteiger charge is 2.21. The maximum Gasteiger partial charge on any atom is 0.189 e. The van der Waals surface area contributed by atoms with Gasteiger partial charge in [-0.15, -0.1) is 0 Å². The minimum absolute atomic E-state index is 0.0142. The van der Waals surface area contributed by atoms with Gasteiger partial charge in [0.05, 0.1) is 6.61 Å². The van der Waals surface area contributed by atoms with Gasteiger partial charge in [0.15, 0.2) is 6.79 Å². The molecule has 3 nitrogen and oxygen atoms in total. The van der Waals surface area contributed by atoms with E-state index in [1.54, 1.807) is 0 Å². The summed E-state index contributed by atoms with van der Waals surface area (Å²) in [6, 6.07) is 7.82. The third kappa shape index (κ3) is 3.22. The van der Waals surface area contributed by atoms with Crippen LogP contribution in [0.1, 0.15) is 31.4 Å². The number of benzene rings is 1. The summed E-state index contributed by atoms with van der Waals surface area (Å²) in [6.45, 7) is 3.09. The van der Waals surface area contributed by atoms with Gasteiger partial charge in [0.2, 0.25) is 0 Å². The van der Waals surface area contributed by atoms with Crippen LogP contribution in [0.15, 0.2) is 24.3 Å². The van der Waals surface area contributed by atoms with Crippen LogP contribution in [0.2, 0.25) is 0 Å². The lowest BCUT2D eigenvalue weighted by Crippen LogP contribution is -2.10. The molecule has 0 spiro atoms. The number of ether oxygens (including phenoxy) is 2. The van der Waals surface area contributed by atoms with Crippen molar-refractivity contribution in [2.45, 2.75) is 25.8 Å². The molecule has 2 rings (SSSR count). The Bertz CT molecular complexity index is 334. The molecule has 0 amide bonds. The van der Waals surface area contributed by atoms with Gasteiger partial charge < -0.3 is 15.2 Å². The van der Waals surface area contributed by atoms with Crippen molar-refractivity contribution in [3.63, 3.8) is 0 Å². The molecule has 1 aliphatic carbocycles. The van der Waals surface area contributed by atoms with E-state index in [-0.39, 0.29) is 6.04 Å². The highest BCUT2D eigenvalue weighted by molar-refractivity contribution is 5.35. The molecule has 16 heavy (non-hydrogen) atoms. The average Bonchev–Trinajstić information content (AvgIpc) is 3.08. The molecule has 0 aliphatic heterocycles. The van der Waals surface area contributed by atoms with Crippen LogP contribution in [0.25, 0.3) is 0 Å². The molecule has 1 aliphatic rings. The monoisotopic (exact) mass is 221 g/mol. The predicted octanol–water partition coefficient (Wildman–Crippen LogP) is 2.47. The lowest BCUT2D eigenvalue weighted by molar-refractivity contribution is 0.00934. The fraction of sp³-hybridized carbons (Fsp3) is 0.538. The summed E-state index contributed by atoms with van der Waals surface area (Å²) < 4.78 is 11.0. The number of para-hydroxylation sites is 1. The molecule has 2 N–H and O–H groups in total. The van der Waals surface area contributed by atoms with E-state index in [0.717, 1.165) is 23.8 Å². The zero-order valence-electron chi connectivity index (χ0n) is 9.69. The summed E-state index contributed by atoms with van der Waals surface area (Å²) >= 11 is 0. The van der Waals surface area contributed by atoms with Gasteiger partial charge in [-0.3, -0.25) is 0 Å². The Hall–Kier alpha value is -1.06. The van der Waals surface area contributed by atoms with Crippen LogP contribution >= 0.6 is 0 Å². The first-order chi connectivity index (χ1) is 7.77. The molecule has 88 valence electrons. The van der Waals surface area contributed by atoms with Crippen LogP contribution in [0.5, 0.6) is 5.75 Å². The molecule has 1 saturated carbocycles. The molecule has 0 aromatic heterocycles. The maximum absolute atomic E-state index is 5.86. The first-order valence-corrected chi connectivity index (χ1v) is 5.82. The van der Waals surface area contributed by atoms with E-state index in [4.69, 9.17) is 15.2 Å². The zero-order valence-corrected chi connectivity index (χ0v) is 9.69. The zero-order chi connectivity index (χ0) is 11.4. The molecule has 1 aromatic rings. The van der Waals surface area contributed by atoms with Crippen molar-refractivity contribution < 1.29 is 9.47 Å². The Morgan fingerprint density at radius 3 is 2.81 bits per heavy atom. The van der Waals surface area contributed by atoms with Gasteiger partial charge in [0.1, 0.15) is 5.75 Å². The highest BCUT2D eigenvalue weighted by atomic mass is 16.7. The lowest BCUT2D eigenvalue weighted by Gasteiger charge is -2.13. The summed E-state index contributed by atoms with van der Waals surface area (Å²) in [6.07, 6.45) is 2.60. The van der Waals surface area contributed by atoms with Crippen LogP contribution < -0.4 is 10.5 Å². The number of rotatable bonds is 6. The molecule has 3 heteroatoms. The molecule has 0 heterocycles. The molecule has 0 saturated heterocycles. The normalized spacial score (nSPS) is 17.1. The lowest BCUT2D eigenvalue weighted by atomic mass is 10.1. The van der Waals surface area contributed by atoms with Crippen LogP contribution in [-0.2, 0) is 4.74 Å². The Balaban J connectivity index is 1.82.